The van der Waals surface area contributed by atoms with E-state index in [0.29, 0.717) is 10.6 Å². The highest BCUT2D eigenvalue weighted by molar-refractivity contribution is 6.33. The van der Waals surface area contributed by atoms with Crippen LogP contribution in [-0.2, 0) is 0 Å². The van der Waals surface area contributed by atoms with Crippen molar-refractivity contribution in [2.75, 3.05) is 0 Å². The first-order chi connectivity index (χ1) is 8.21. The molecule has 0 amide bonds. The number of hydrogen-bond acceptors (Lipinski definition) is 1. The van der Waals surface area contributed by atoms with Crippen molar-refractivity contribution in [3.63, 3.8) is 0 Å². The molecule has 2 N–H and O–H groups in total. The van der Waals surface area contributed by atoms with E-state index in [1.807, 2.05) is 0 Å². The van der Waals surface area contributed by atoms with Crippen LogP contribution in [0.25, 0.3) is 5.57 Å². The average Bonchev–Trinajstić information content (AvgIpc) is 2.25. The molecule has 1 aromatic carbocycles. The lowest BCUT2D eigenvalue weighted by molar-refractivity contribution is -0.0841. The van der Waals surface area contributed by atoms with E-state index in [-0.39, 0.29) is 12.0 Å². The standard InChI is InChI=1S/C12H12Cl2F3N/c1-7(18)6-10(11(14)12(15,16)17)8-2-4-9(13)5-3-8/h2-5,7H,6,18H2,1H3/b11-10-. The predicted octanol–water partition coefficient (Wildman–Crippen LogP) is 4.59. The second-order valence-electron chi connectivity index (χ2n) is 3.98. The summed E-state index contributed by atoms with van der Waals surface area (Å²) >= 11 is 11.1. The highest BCUT2D eigenvalue weighted by Gasteiger charge is 2.35. The van der Waals surface area contributed by atoms with Gasteiger partial charge in [-0.1, -0.05) is 35.3 Å². The fourth-order valence-corrected chi connectivity index (χ4v) is 1.79. The SMILES string of the molecule is CC(N)C/C(=C(/Cl)C(F)(F)F)c1ccc(Cl)cc1. The van der Waals surface area contributed by atoms with Gasteiger partial charge in [0.1, 0.15) is 5.03 Å². The molecule has 0 radical (unpaired) electrons. The number of nitrogens with two attached hydrogens (primary N) is 1. The van der Waals surface area contributed by atoms with Crippen molar-refractivity contribution in [1.82, 2.24) is 0 Å². The maximum Gasteiger partial charge on any atom is 0.427 e. The Hall–Kier alpha value is -0.710. The Morgan fingerprint density at radius 1 is 1.28 bits per heavy atom. The van der Waals surface area contributed by atoms with Crippen LogP contribution in [0, 0.1) is 0 Å². The van der Waals surface area contributed by atoms with Gasteiger partial charge in [0.2, 0.25) is 0 Å². The van der Waals surface area contributed by atoms with Crippen molar-refractivity contribution in [1.29, 1.82) is 0 Å². The summed E-state index contributed by atoms with van der Waals surface area (Å²) in [6, 6.07) is 5.59. The van der Waals surface area contributed by atoms with Crippen LogP contribution in [-0.4, -0.2) is 12.2 Å². The van der Waals surface area contributed by atoms with Gasteiger partial charge < -0.3 is 5.73 Å². The van der Waals surface area contributed by atoms with Gasteiger partial charge in [-0.3, -0.25) is 0 Å². The molecule has 6 heteroatoms. The molecule has 1 atom stereocenters. The molecule has 18 heavy (non-hydrogen) atoms. The van der Waals surface area contributed by atoms with Gasteiger partial charge in [-0.2, -0.15) is 13.2 Å². The zero-order valence-electron chi connectivity index (χ0n) is 9.56. The Morgan fingerprint density at radius 3 is 2.17 bits per heavy atom. The van der Waals surface area contributed by atoms with E-state index in [1.54, 1.807) is 6.92 Å². The molecule has 0 saturated carbocycles. The molecule has 0 aliphatic heterocycles. The molecule has 0 aliphatic rings. The summed E-state index contributed by atoms with van der Waals surface area (Å²) in [7, 11) is 0. The molecule has 0 aromatic heterocycles. The quantitative estimate of drug-likeness (QED) is 0.867. The van der Waals surface area contributed by atoms with Gasteiger partial charge in [0.05, 0.1) is 0 Å². The number of rotatable bonds is 3. The van der Waals surface area contributed by atoms with Crippen molar-refractivity contribution in [3.8, 4) is 0 Å². The van der Waals surface area contributed by atoms with E-state index in [0.717, 1.165) is 0 Å². The second-order valence-corrected chi connectivity index (χ2v) is 4.79. The van der Waals surface area contributed by atoms with Gasteiger partial charge in [-0.25, -0.2) is 0 Å². The van der Waals surface area contributed by atoms with E-state index < -0.39 is 17.3 Å². The van der Waals surface area contributed by atoms with Gasteiger partial charge in [0.15, 0.2) is 0 Å². The largest absolute Gasteiger partial charge is 0.427 e. The van der Waals surface area contributed by atoms with Crippen LogP contribution in [0.15, 0.2) is 29.3 Å². The Balaban J connectivity index is 3.26. The van der Waals surface area contributed by atoms with Crippen molar-refractivity contribution in [3.05, 3.63) is 39.9 Å². The summed E-state index contributed by atoms with van der Waals surface area (Å²) in [6.07, 6.45) is -4.54. The molecular formula is C12H12Cl2F3N. The van der Waals surface area contributed by atoms with Gasteiger partial charge in [0, 0.05) is 11.1 Å². The zero-order chi connectivity index (χ0) is 13.9. The van der Waals surface area contributed by atoms with Crippen molar-refractivity contribution in [2.24, 2.45) is 5.73 Å². The molecule has 0 aliphatic carbocycles. The van der Waals surface area contributed by atoms with Crippen LogP contribution in [0.2, 0.25) is 5.02 Å². The minimum absolute atomic E-state index is 0.0177. The summed E-state index contributed by atoms with van der Waals surface area (Å²) in [5, 5.41) is -0.691. The van der Waals surface area contributed by atoms with Crippen molar-refractivity contribution in [2.45, 2.75) is 25.6 Å². The molecule has 1 unspecified atom stereocenters. The third-order valence-electron chi connectivity index (χ3n) is 2.23. The van der Waals surface area contributed by atoms with E-state index in [9.17, 15) is 13.2 Å². The Kier molecular flexibility index (Phi) is 5.08. The maximum absolute atomic E-state index is 12.7. The lowest BCUT2D eigenvalue weighted by atomic mass is 9.99. The van der Waals surface area contributed by atoms with Crippen LogP contribution in [0.4, 0.5) is 13.2 Å². The molecule has 1 aromatic rings. The highest BCUT2D eigenvalue weighted by atomic mass is 35.5. The van der Waals surface area contributed by atoms with Gasteiger partial charge in [-0.05, 0) is 36.6 Å². The number of hydrogen-bond donors (Lipinski definition) is 1. The van der Waals surface area contributed by atoms with E-state index in [2.05, 4.69) is 0 Å². The van der Waals surface area contributed by atoms with Crippen molar-refractivity contribution < 1.29 is 13.2 Å². The maximum atomic E-state index is 12.7. The average molecular weight is 298 g/mol. The summed E-state index contributed by atoms with van der Waals surface area (Å²) in [4.78, 5) is 0. The van der Waals surface area contributed by atoms with Crippen LogP contribution >= 0.6 is 23.2 Å². The van der Waals surface area contributed by atoms with E-state index in [1.165, 1.54) is 24.3 Å². The topological polar surface area (TPSA) is 26.0 Å². The third kappa shape index (κ3) is 4.19. The summed E-state index contributed by atoms with van der Waals surface area (Å²) in [5.74, 6) is 0. The molecule has 0 spiro atoms. The normalized spacial score (nSPS) is 15.3. The van der Waals surface area contributed by atoms with Crippen LogP contribution < -0.4 is 5.73 Å². The summed E-state index contributed by atoms with van der Waals surface area (Å²) in [5.41, 5.74) is 5.91. The molecule has 1 rings (SSSR count). The fourth-order valence-electron chi connectivity index (χ4n) is 1.48. The Labute approximate surface area is 113 Å². The van der Waals surface area contributed by atoms with Crippen molar-refractivity contribution >= 4 is 28.8 Å². The molecule has 0 saturated heterocycles. The Morgan fingerprint density at radius 2 is 1.78 bits per heavy atom. The zero-order valence-corrected chi connectivity index (χ0v) is 11.1. The smallest absolute Gasteiger partial charge is 0.328 e. The first-order valence-corrected chi connectivity index (χ1v) is 5.94. The first-order valence-electron chi connectivity index (χ1n) is 5.19. The van der Waals surface area contributed by atoms with Gasteiger partial charge >= 0.3 is 6.18 Å². The number of benzene rings is 1. The van der Waals surface area contributed by atoms with E-state index >= 15 is 0 Å². The molecular weight excluding hydrogens is 286 g/mol. The highest BCUT2D eigenvalue weighted by Crippen LogP contribution is 2.37. The fraction of sp³-hybridized carbons (Fsp3) is 0.333. The van der Waals surface area contributed by atoms with Crippen LogP contribution in [0.1, 0.15) is 18.9 Å². The van der Waals surface area contributed by atoms with Crippen LogP contribution in [0.5, 0.6) is 0 Å². The summed E-state index contributed by atoms with van der Waals surface area (Å²) in [6.45, 7) is 1.62. The predicted molar refractivity (Wildman–Crippen MR) is 68.5 cm³/mol. The first kappa shape index (κ1) is 15.3. The molecule has 100 valence electrons. The molecule has 0 bridgehead atoms. The number of allylic oxidation sites excluding steroid dienone is 1. The summed E-state index contributed by atoms with van der Waals surface area (Å²) < 4.78 is 38.0. The monoisotopic (exact) mass is 297 g/mol. The van der Waals surface area contributed by atoms with E-state index in [4.69, 9.17) is 28.9 Å². The minimum atomic E-state index is -4.58. The molecule has 0 heterocycles. The molecule has 1 nitrogen and oxygen atoms in total. The second kappa shape index (κ2) is 5.95. The lowest BCUT2D eigenvalue weighted by Crippen LogP contribution is -2.18. The van der Waals surface area contributed by atoms with Gasteiger partial charge in [-0.15, -0.1) is 0 Å². The number of halogens is 5. The van der Waals surface area contributed by atoms with Crippen LogP contribution in [0.3, 0.4) is 0 Å². The van der Waals surface area contributed by atoms with Gasteiger partial charge in [0.25, 0.3) is 0 Å². The lowest BCUT2D eigenvalue weighted by Gasteiger charge is -2.15. The number of alkyl halides is 3. The Bertz CT molecular complexity index is 436. The minimum Gasteiger partial charge on any atom is -0.328 e. The third-order valence-corrected chi connectivity index (χ3v) is 2.93. The molecule has 0 fully saturated rings.